The number of fused-ring (bicyclic) bond motifs is 1. The smallest absolute Gasteiger partial charge is 0.338 e. The molecule has 10 heteroatoms. The van der Waals surface area contributed by atoms with Crippen LogP contribution >= 0.6 is 0 Å². The molecule has 2 aromatic heterocycles. The number of esters is 1. The van der Waals surface area contributed by atoms with Crippen LogP contribution < -0.4 is 5.32 Å². The highest BCUT2D eigenvalue weighted by molar-refractivity contribution is 5.94. The van der Waals surface area contributed by atoms with Gasteiger partial charge in [-0.1, -0.05) is 12.1 Å². The predicted molar refractivity (Wildman–Crippen MR) is 110 cm³/mol. The van der Waals surface area contributed by atoms with Crippen LogP contribution in [0.25, 0.3) is 5.82 Å². The summed E-state index contributed by atoms with van der Waals surface area (Å²) in [5.74, 6) is 0.293. The second-order valence-corrected chi connectivity index (χ2v) is 7.82. The van der Waals surface area contributed by atoms with E-state index >= 15 is 0 Å². The molecular weight excluding hydrogens is 410 g/mol. The van der Waals surface area contributed by atoms with E-state index in [4.69, 9.17) is 10.00 Å². The van der Waals surface area contributed by atoms with Gasteiger partial charge in [0.15, 0.2) is 5.82 Å². The van der Waals surface area contributed by atoms with Gasteiger partial charge >= 0.3 is 5.97 Å². The highest BCUT2D eigenvalue weighted by Gasteiger charge is 2.30. The second kappa shape index (κ2) is 7.86. The Morgan fingerprint density at radius 3 is 2.88 bits per heavy atom. The van der Waals surface area contributed by atoms with Crippen molar-refractivity contribution in [1.29, 1.82) is 5.26 Å². The van der Waals surface area contributed by atoms with E-state index in [0.717, 1.165) is 22.3 Å². The Labute approximate surface area is 183 Å². The van der Waals surface area contributed by atoms with Crippen LogP contribution in [0.2, 0.25) is 0 Å². The molecular formula is C22H19N7O3. The van der Waals surface area contributed by atoms with E-state index in [-0.39, 0.29) is 30.3 Å². The third kappa shape index (κ3) is 3.59. The molecule has 0 radical (unpaired) electrons. The first-order chi connectivity index (χ1) is 15.5. The zero-order valence-corrected chi connectivity index (χ0v) is 17.3. The molecule has 4 heterocycles. The number of nitrogens with zero attached hydrogens (tertiary/aromatic N) is 6. The summed E-state index contributed by atoms with van der Waals surface area (Å²) in [4.78, 5) is 34.6. The molecule has 0 spiro atoms. The largest absolute Gasteiger partial charge is 0.457 e. The maximum absolute atomic E-state index is 12.4. The van der Waals surface area contributed by atoms with Gasteiger partial charge in [0.25, 0.3) is 5.82 Å². The average Bonchev–Trinajstić information content (AvgIpc) is 3.42. The molecule has 1 saturated heterocycles. The molecule has 1 amide bonds. The summed E-state index contributed by atoms with van der Waals surface area (Å²) in [5, 5.41) is 15.9. The number of hydrogen-bond acceptors (Lipinski definition) is 8. The highest BCUT2D eigenvalue weighted by Crippen LogP contribution is 2.30. The number of cyclic esters (lactones) is 1. The Bertz CT molecular complexity index is 1260. The Balaban J connectivity index is 1.32. The predicted octanol–water partition coefficient (Wildman–Crippen LogP) is 1.19. The number of piperazine rings is 1. The summed E-state index contributed by atoms with van der Waals surface area (Å²) in [6.45, 7) is 3.72. The molecule has 2 aliphatic heterocycles. The van der Waals surface area contributed by atoms with Crippen molar-refractivity contribution in [1.82, 2.24) is 30.0 Å². The SMILES string of the molecule is Cc1c(C2CN(Cc3ccc(-n4cnc(C#N)n4)nc3)CC(=O)N2)ccc2c1COC2=O. The van der Waals surface area contributed by atoms with Crippen molar-refractivity contribution >= 4 is 11.9 Å². The first-order valence-corrected chi connectivity index (χ1v) is 10.1. The fourth-order valence-corrected chi connectivity index (χ4v) is 4.18. The van der Waals surface area contributed by atoms with Crippen LogP contribution in [0.3, 0.4) is 0 Å². The molecule has 1 aromatic carbocycles. The Hall–Kier alpha value is -4.10. The molecule has 1 unspecified atom stereocenters. The lowest BCUT2D eigenvalue weighted by atomic mass is 9.93. The van der Waals surface area contributed by atoms with Crippen LogP contribution in [0.4, 0.5) is 0 Å². The average molecular weight is 429 g/mol. The van der Waals surface area contributed by atoms with Crippen LogP contribution in [0, 0.1) is 18.3 Å². The minimum Gasteiger partial charge on any atom is -0.457 e. The molecule has 160 valence electrons. The van der Waals surface area contributed by atoms with Crippen LogP contribution in [0.5, 0.6) is 0 Å². The van der Waals surface area contributed by atoms with Gasteiger partial charge in [-0.15, -0.1) is 5.10 Å². The number of carbonyl (C=O) groups is 2. The highest BCUT2D eigenvalue weighted by atomic mass is 16.5. The van der Waals surface area contributed by atoms with Gasteiger partial charge in [-0.2, -0.15) is 5.26 Å². The molecule has 3 aromatic rings. The van der Waals surface area contributed by atoms with Crippen LogP contribution in [0.15, 0.2) is 36.8 Å². The summed E-state index contributed by atoms with van der Waals surface area (Å²) >= 11 is 0. The van der Waals surface area contributed by atoms with Crippen molar-refractivity contribution < 1.29 is 14.3 Å². The van der Waals surface area contributed by atoms with Crippen molar-refractivity contribution in [3.8, 4) is 11.9 Å². The maximum atomic E-state index is 12.4. The third-order valence-corrected chi connectivity index (χ3v) is 5.77. The van der Waals surface area contributed by atoms with Crippen molar-refractivity contribution in [2.75, 3.05) is 13.1 Å². The van der Waals surface area contributed by atoms with Crippen molar-refractivity contribution in [2.24, 2.45) is 0 Å². The molecule has 32 heavy (non-hydrogen) atoms. The van der Waals surface area contributed by atoms with Gasteiger partial charge in [0, 0.05) is 24.8 Å². The van der Waals surface area contributed by atoms with Gasteiger partial charge in [-0.3, -0.25) is 9.69 Å². The number of ether oxygens (including phenoxy) is 1. The molecule has 2 aliphatic rings. The lowest BCUT2D eigenvalue weighted by molar-refractivity contribution is -0.125. The molecule has 0 saturated carbocycles. The third-order valence-electron chi connectivity index (χ3n) is 5.77. The lowest BCUT2D eigenvalue weighted by Gasteiger charge is -2.34. The number of rotatable bonds is 4. The summed E-state index contributed by atoms with van der Waals surface area (Å²) in [6, 6.07) is 9.11. The fraction of sp³-hybridized carbons (Fsp3) is 0.273. The number of nitriles is 1. The lowest BCUT2D eigenvalue weighted by Crippen LogP contribution is -2.49. The summed E-state index contributed by atoms with van der Waals surface area (Å²) in [5.41, 5.74) is 4.42. The summed E-state index contributed by atoms with van der Waals surface area (Å²) in [6.07, 6.45) is 3.17. The fourth-order valence-electron chi connectivity index (χ4n) is 4.18. The Morgan fingerprint density at radius 2 is 2.12 bits per heavy atom. The van der Waals surface area contributed by atoms with Gasteiger partial charge in [-0.25, -0.2) is 19.4 Å². The minimum absolute atomic E-state index is 0.0512. The molecule has 5 rings (SSSR count). The first-order valence-electron chi connectivity index (χ1n) is 10.1. The molecule has 1 N–H and O–H groups in total. The van der Waals surface area contributed by atoms with Crippen molar-refractivity contribution in [3.05, 3.63) is 70.4 Å². The molecule has 1 atom stereocenters. The number of nitrogens with one attached hydrogen (secondary N) is 1. The van der Waals surface area contributed by atoms with Crippen molar-refractivity contribution in [3.63, 3.8) is 0 Å². The number of pyridine rings is 1. The Morgan fingerprint density at radius 1 is 1.25 bits per heavy atom. The maximum Gasteiger partial charge on any atom is 0.338 e. The number of carbonyl (C=O) groups excluding carboxylic acids is 2. The number of benzene rings is 1. The second-order valence-electron chi connectivity index (χ2n) is 7.82. The van der Waals surface area contributed by atoms with Gasteiger partial charge in [0.1, 0.15) is 19.0 Å². The van der Waals surface area contributed by atoms with Gasteiger partial charge in [-0.05, 0) is 35.7 Å². The van der Waals surface area contributed by atoms with E-state index in [1.165, 1.54) is 11.0 Å². The van der Waals surface area contributed by atoms with Gasteiger partial charge < -0.3 is 10.1 Å². The zero-order valence-electron chi connectivity index (χ0n) is 17.3. The van der Waals surface area contributed by atoms with E-state index in [9.17, 15) is 9.59 Å². The topological polar surface area (TPSA) is 126 Å². The first kappa shape index (κ1) is 19.8. The minimum atomic E-state index is -0.297. The molecule has 0 bridgehead atoms. The van der Waals surface area contributed by atoms with E-state index in [2.05, 4.69) is 25.3 Å². The van der Waals surface area contributed by atoms with E-state index < -0.39 is 0 Å². The monoisotopic (exact) mass is 429 g/mol. The number of amides is 1. The van der Waals surface area contributed by atoms with Crippen LogP contribution in [-0.2, 0) is 22.7 Å². The van der Waals surface area contributed by atoms with Gasteiger partial charge in [0.05, 0.1) is 18.2 Å². The quantitative estimate of drug-likeness (QED) is 0.613. The zero-order chi connectivity index (χ0) is 22.2. The van der Waals surface area contributed by atoms with E-state index in [1.807, 2.05) is 25.1 Å². The van der Waals surface area contributed by atoms with E-state index in [0.29, 0.717) is 31.0 Å². The standard InChI is InChI=1S/C22H19N7O3/c1-13-15(3-4-16-17(13)11-32-22(16)31)18-9-28(10-21(30)26-18)8-14-2-5-20(24-7-14)29-12-25-19(6-23)27-29/h2-5,7,12,18H,8-11H2,1H3,(H,26,30). The normalized spacial score (nSPS) is 18.1. The number of aromatic nitrogens is 4. The van der Waals surface area contributed by atoms with Gasteiger partial charge in [0.2, 0.25) is 5.91 Å². The Kier molecular flexibility index (Phi) is 4.88. The summed E-state index contributed by atoms with van der Waals surface area (Å²) in [7, 11) is 0. The summed E-state index contributed by atoms with van der Waals surface area (Å²) < 4.78 is 6.59. The van der Waals surface area contributed by atoms with Crippen LogP contribution in [-0.4, -0.2) is 49.6 Å². The molecule has 1 fully saturated rings. The number of hydrogen-bond donors (Lipinski definition) is 1. The van der Waals surface area contributed by atoms with Crippen molar-refractivity contribution in [2.45, 2.75) is 26.1 Å². The van der Waals surface area contributed by atoms with Crippen LogP contribution in [0.1, 0.15) is 44.5 Å². The molecule has 10 nitrogen and oxygen atoms in total. The molecule has 0 aliphatic carbocycles. The van der Waals surface area contributed by atoms with E-state index in [1.54, 1.807) is 18.3 Å².